The van der Waals surface area contributed by atoms with Crippen LogP contribution in [-0.4, -0.2) is 5.54 Å². The molecule has 2 nitrogen and oxygen atoms in total. The first-order valence-electron chi connectivity index (χ1n) is 19.6. The Morgan fingerprint density at radius 2 is 1.15 bits per heavy atom. The molecule has 1 heterocycles. The van der Waals surface area contributed by atoms with Gasteiger partial charge >= 0.3 is 0 Å². The van der Waals surface area contributed by atoms with Gasteiger partial charge in [0.2, 0.25) is 0 Å². The van der Waals surface area contributed by atoms with Gasteiger partial charge in [-0.25, -0.2) is 0 Å². The summed E-state index contributed by atoms with van der Waals surface area (Å²) >= 11 is 0. The van der Waals surface area contributed by atoms with Gasteiger partial charge in [-0.1, -0.05) is 152 Å². The minimum absolute atomic E-state index is 0.0150. The van der Waals surface area contributed by atoms with Crippen molar-refractivity contribution in [3.63, 3.8) is 0 Å². The molecule has 0 spiro atoms. The van der Waals surface area contributed by atoms with Gasteiger partial charge in [0.15, 0.2) is 0 Å². The molecule has 2 aliphatic rings. The second-order valence-corrected chi connectivity index (χ2v) is 17.9. The quantitative estimate of drug-likeness (QED) is 0.164. The summed E-state index contributed by atoms with van der Waals surface area (Å²) in [7, 11) is 0. The summed E-state index contributed by atoms with van der Waals surface area (Å²) in [4.78, 5) is 5.20. The van der Waals surface area contributed by atoms with Gasteiger partial charge in [-0.2, -0.15) is 0 Å². The van der Waals surface area contributed by atoms with E-state index >= 15 is 0 Å². The van der Waals surface area contributed by atoms with E-state index in [1.807, 2.05) is 0 Å². The molecule has 1 saturated heterocycles. The third-order valence-corrected chi connectivity index (χ3v) is 12.1. The highest BCUT2D eigenvalue weighted by Crippen LogP contribution is 2.58. The van der Waals surface area contributed by atoms with Crippen LogP contribution in [-0.2, 0) is 5.41 Å². The number of nitrogens with zero attached hydrogens (tertiary/aromatic N) is 2. The SMILES string of the molecule is CC(C)c1cccc(C(C)C)c1N1[C](c2ccc(N(c3ccc4c(c3)-c3ccccc3C4(C)C)c3cccc4ccccc34)cc2)C(C)(C)CC1(C)C. The first-order valence-corrected chi connectivity index (χ1v) is 19.6. The van der Waals surface area contributed by atoms with E-state index in [2.05, 4.69) is 206 Å². The summed E-state index contributed by atoms with van der Waals surface area (Å²) in [6.07, 6.45) is 1.08. The topological polar surface area (TPSA) is 6.48 Å². The summed E-state index contributed by atoms with van der Waals surface area (Å²) in [5.74, 6) is 0.844. The number of fused-ring (bicyclic) bond motifs is 4. The van der Waals surface area contributed by atoms with E-state index < -0.39 is 0 Å². The first kappa shape index (κ1) is 35.2. The van der Waals surface area contributed by atoms with Crippen LogP contribution >= 0.6 is 0 Å². The Morgan fingerprint density at radius 3 is 1.85 bits per heavy atom. The number of anilines is 4. The number of hydrogen-bond donors (Lipinski definition) is 0. The Labute approximate surface area is 318 Å². The molecular formula is C51H55N2. The molecule has 1 aliphatic carbocycles. The van der Waals surface area contributed by atoms with E-state index in [1.165, 1.54) is 72.8 Å². The van der Waals surface area contributed by atoms with E-state index in [0.717, 1.165) is 12.1 Å². The average Bonchev–Trinajstić information content (AvgIpc) is 3.48. The Balaban J connectivity index is 1.29. The van der Waals surface area contributed by atoms with Crippen molar-refractivity contribution in [2.75, 3.05) is 9.80 Å². The highest BCUT2D eigenvalue weighted by atomic mass is 15.3. The van der Waals surface area contributed by atoms with Crippen LogP contribution in [0.4, 0.5) is 22.7 Å². The van der Waals surface area contributed by atoms with Crippen LogP contribution in [0.15, 0.2) is 127 Å². The van der Waals surface area contributed by atoms with Gasteiger partial charge in [0.1, 0.15) is 0 Å². The lowest BCUT2D eigenvalue weighted by Gasteiger charge is -2.42. The molecule has 1 aliphatic heterocycles. The molecule has 0 saturated carbocycles. The summed E-state index contributed by atoms with van der Waals surface area (Å²) in [5, 5.41) is 2.48. The van der Waals surface area contributed by atoms with Crippen LogP contribution in [0.1, 0.15) is 115 Å². The normalized spacial score (nSPS) is 17.1. The number of rotatable bonds is 7. The van der Waals surface area contributed by atoms with Crippen LogP contribution in [0.5, 0.6) is 0 Å². The molecule has 0 amide bonds. The molecule has 2 heteroatoms. The van der Waals surface area contributed by atoms with Crippen molar-refractivity contribution in [1.82, 2.24) is 0 Å². The maximum absolute atomic E-state index is 2.73. The standard InChI is InChI=1S/C51H55N2/c1-33(2)39-21-16-22-40(34(3)4)47(39)53-48(49(5,6)32-50(53,7)8)36-25-27-37(28-26-36)52(46-24-15-18-35-17-11-12-19-41(35)46)38-29-30-45-43(31-38)42-20-13-14-23-44(42)51(45,9)10/h11-31,33-34H,32H2,1-10H3. The molecule has 0 aromatic heterocycles. The van der Waals surface area contributed by atoms with E-state index in [-0.39, 0.29) is 16.4 Å². The van der Waals surface area contributed by atoms with Crippen molar-refractivity contribution in [1.29, 1.82) is 0 Å². The molecular weight excluding hydrogens is 641 g/mol. The minimum atomic E-state index is -0.0460. The molecule has 0 bridgehead atoms. The van der Waals surface area contributed by atoms with Crippen molar-refractivity contribution in [3.8, 4) is 11.1 Å². The fourth-order valence-electron chi connectivity index (χ4n) is 10.0. The highest BCUT2D eigenvalue weighted by Gasteiger charge is 2.53. The van der Waals surface area contributed by atoms with Gasteiger partial charge in [-0.05, 0) is 112 Å². The average molecular weight is 696 g/mol. The lowest BCUT2D eigenvalue weighted by molar-refractivity contribution is 0.376. The Bertz CT molecular complexity index is 2290. The molecule has 1 radical (unpaired) electrons. The number of para-hydroxylation sites is 1. The maximum atomic E-state index is 2.73. The molecule has 8 rings (SSSR count). The van der Waals surface area contributed by atoms with Crippen molar-refractivity contribution in [2.45, 2.75) is 98.4 Å². The van der Waals surface area contributed by atoms with Gasteiger partial charge in [-0.15, -0.1) is 0 Å². The number of benzene rings is 6. The first-order chi connectivity index (χ1) is 25.2. The number of hydrogen-bond acceptors (Lipinski definition) is 2. The van der Waals surface area contributed by atoms with Crippen LogP contribution < -0.4 is 9.80 Å². The fourth-order valence-corrected chi connectivity index (χ4v) is 10.0. The third-order valence-electron chi connectivity index (χ3n) is 12.1. The lowest BCUT2D eigenvalue weighted by atomic mass is 9.78. The van der Waals surface area contributed by atoms with Gasteiger partial charge < -0.3 is 9.80 Å². The summed E-state index contributed by atoms with van der Waals surface area (Å²) in [5.41, 5.74) is 14.4. The van der Waals surface area contributed by atoms with Gasteiger partial charge in [-0.3, -0.25) is 0 Å². The van der Waals surface area contributed by atoms with Crippen molar-refractivity contribution >= 4 is 33.5 Å². The van der Waals surface area contributed by atoms with Crippen LogP contribution in [0.2, 0.25) is 0 Å². The largest absolute Gasteiger partial charge is 0.353 e. The molecule has 0 N–H and O–H groups in total. The highest BCUT2D eigenvalue weighted by molar-refractivity contribution is 5.99. The summed E-state index contributed by atoms with van der Waals surface area (Å²) < 4.78 is 0. The fraction of sp³-hybridized carbons (Fsp3) is 0.314. The summed E-state index contributed by atoms with van der Waals surface area (Å²) in [6, 6.07) is 49.4. The van der Waals surface area contributed by atoms with Crippen LogP contribution in [0, 0.1) is 11.5 Å². The predicted octanol–water partition coefficient (Wildman–Crippen LogP) is 14.5. The molecule has 1 fully saturated rings. The van der Waals surface area contributed by atoms with E-state index in [4.69, 9.17) is 0 Å². The maximum Gasteiger partial charge on any atom is 0.0989 e. The predicted molar refractivity (Wildman–Crippen MR) is 228 cm³/mol. The Morgan fingerprint density at radius 1 is 0.566 bits per heavy atom. The smallest absolute Gasteiger partial charge is 0.0989 e. The lowest BCUT2D eigenvalue weighted by Crippen LogP contribution is -2.42. The van der Waals surface area contributed by atoms with Crippen molar-refractivity contribution in [3.05, 3.63) is 161 Å². The van der Waals surface area contributed by atoms with E-state index in [9.17, 15) is 0 Å². The zero-order chi connectivity index (χ0) is 37.4. The Hall–Kier alpha value is -4.82. The van der Waals surface area contributed by atoms with E-state index in [1.54, 1.807) is 0 Å². The zero-order valence-corrected chi connectivity index (χ0v) is 33.4. The van der Waals surface area contributed by atoms with Crippen molar-refractivity contribution in [2.24, 2.45) is 5.41 Å². The summed E-state index contributed by atoms with van der Waals surface area (Å²) in [6.45, 7) is 23.8. The van der Waals surface area contributed by atoms with Gasteiger partial charge in [0, 0.05) is 33.4 Å². The van der Waals surface area contributed by atoms with Crippen molar-refractivity contribution < 1.29 is 0 Å². The zero-order valence-electron chi connectivity index (χ0n) is 33.4. The monoisotopic (exact) mass is 695 g/mol. The second kappa shape index (κ2) is 12.7. The molecule has 269 valence electrons. The molecule has 0 unspecified atom stereocenters. The van der Waals surface area contributed by atoms with Gasteiger partial charge in [0.25, 0.3) is 0 Å². The molecule has 0 atom stereocenters. The molecule has 6 aromatic carbocycles. The Kier molecular flexibility index (Phi) is 8.41. The molecule has 6 aromatic rings. The molecule has 53 heavy (non-hydrogen) atoms. The third kappa shape index (κ3) is 5.68. The van der Waals surface area contributed by atoms with Gasteiger partial charge in [0.05, 0.1) is 11.7 Å². The minimum Gasteiger partial charge on any atom is -0.353 e. The van der Waals surface area contributed by atoms with E-state index in [0.29, 0.717) is 11.8 Å². The van der Waals surface area contributed by atoms with Crippen LogP contribution in [0.3, 0.4) is 0 Å². The van der Waals surface area contributed by atoms with Crippen LogP contribution in [0.25, 0.3) is 21.9 Å². The second-order valence-electron chi connectivity index (χ2n) is 17.9.